The minimum absolute atomic E-state index is 0.0937. The summed E-state index contributed by atoms with van der Waals surface area (Å²) in [6.07, 6.45) is 0.409. The molecule has 1 aliphatic heterocycles. The summed E-state index contributed by atoms with van der Waals surface area (Å²) in [5.41, 5.74) is 1.99. The smallest absolute Gasteiger partial charge is 0.243 e. The van der Waals surface area contributed by atoms with Gasteiger partial charge in [-0.05, 0) is 25.1 Å². The number of amides is 1. The molecule has 1 N–H and O–H groups in total. The number of benzene rings is 1. The molecule has 2 rings (SSSR count). The van der Waals surface area contributed by atoms with Gasteiger partial charge < -0.3 is 10.2 Å². The quantitative estimate of drug-likeness (QED) is 0.868. The number of hydrogen-bond acceptors (Lipinski definition) is 4. The second-order valence-electron chi connectivity index (χ2n) is 4.27. The van der Waals surface area contributed by atoms with Crippen LogP contribution in [0.3, 0.4) is 0 Å². The van der Waals surface area contributed by atoms with Gasteiger partial charge in [-0.1, -0.05) is 0 Å². The van der Waals surface area contributed by atoms with Crippen molar-refractivity contribution in [3.63, 3.8) is 0 Å². The molecule has 0 saturated heterocycles. The highest BCUT2D eigenvalue weighted by Gasteiger charge is 2.22. The summed E-state index contributed by atoms with van der Waals surface area (Å²) in [4.78, 5) is 24.4. The maximum atomic E-state index is 11.6. The van der Waals surface area contributed by atoms with Gasteiger partial charge in [0.15, 0.2) is 0 Å². The van der Waals surface area contributed by atoms with Crippen LogP contribution >= 0.6 is 0 Å². The lowest BCUT2D eigenvalue weighted by atomic mass is 10.1. The molecular formula is C13H13N3O2. The Morgan fingerprint density at radius 1 is 1.56 bits per heavy atom. The SMILES string of the molecule is CC(=O)CCN1CC(=O)Nc2cc(C#N)ccc21. The average Bonchev–Trinajstić information content (AvgIpc) is 2.34. The summed E-state index contributed by atoms with van der Waals surface area (Å²) >= 11 is 0. The summed E-state index contributed by atoms with van der Waals surface area (Å²) in [6, 6.07) is 7.18. The first-order valence-corrected chi connectivity index (χ1v) is 5.68. The van der Waals surface area contributed by atoms with Crippen LogP contribution in [-0.2, 0) is 9.59 Å². The molecule has 0 atom stereocenters. The van der Waals surface area contributed by atoms with Gasteiger partial charge in [-0.2, -0.15) is 5.26 Å². The van der Waals surface area contributed by atoms with Crippen LogP contribution in [0.25, 0.3) is 0 Å². The van der Waals surface area contributed by atoms with Crippen LogP contribution in [0.15, 0.2) is 18.2 Å². The van der Waals surface area contributed by atoms with Crippen LogP contribution in [0.4, 0.5) is 11.4 Å². The number of nitrogens with one attached hydrogen (secondary N) is 1. The summed E-state index contributed by atoms with van der Waals surface area (Å²) < 4.78 is 0. The van der Waals surface area contributed by atoms with Gasteiger partial charge in [0.25, 0.3) is 0 Å². The van der Waals surface area contributed by atoms with E-state index >= 15 is 0 Å². The Labute approximate surface area is 105 Å². The molecule has 1 amide bonds. The molecule has 1 aliphatic rings. The van der Waals surface area contributed by atoms with Gasteiger partial charge in [0.2, 0.25) is 5.91 Å². The van der Waals surface area contributed by atoms with E-state index in [2.05, 4.69) is 5.32 Å². The lowest BCUT2D eigenvalue weighted by molar-refractivity contribution is -0.117. The average molecular weight is 243 g/mol. The Kier molecular flexibility index (Phi) is 3.28. The Morgan fingerprint density at radius 2 is 2.33 bits per heavy atom. The summed E-state index contributed by atoms with van der Waals surface area (Å²) in [5, 5.41) is 11.6. The largest absolute Gasteiger partial charge is 0.360 e. The number of fused-ring (bicyclic) bond motifs is 1. The van der Waals surface area contributed by atoms with E-state index in [4.69, 9.17) is 5.26 Å². The van der Waals surface area contributed by atoms with E-state index in [9.17, 15) is 9.59 Å². The fourth-order valence-electron chi connectivity index (χ4n) is 1.92. The maximum absolute atomic E-state index is 11.6. The molecule has 0 radical (unpaired) electrons. The minimum Gasteiger partial charge on any atom is -0.360 e. The molecule has 0 aromatic heterocycles. The lowest BCUT2D eigenvalue weighted by Crippen LogP contribution is -2.39. The highest BCUT2D eigenvalue weighted by molar-refractivity contribution is 6.01. The first-order chi connectivity index (χ1) is 8.60. The van der Waals surface area contributed by atoms with Crippen molar-refractivity contribution in [3.8, 4) is 6.07 Å². The molecule has 1 aromatic carbocycles. The second kappa shape index (κ2) is 4.88. The van der Waals surface area contributed by atoms with Crippen molar-refractivity contribution in [2.75, 3.05) is 23.3 Å². The number of carbonyl (C=O) groups is 2. The molecule has 0 saturated carbocycles. The molecule has 5 nitrogen and oxygen atoms in total. The highest BCUT2D eigenvalue weighted by atomic mass is 16.2. The van der Waals surface area contributed by atoms with E-state index in [1.165, 1.54) is 6.92 Å². The Hall–Kier alpha value is -2.35. The van der Waals surface area contributed by atoms with Crippen molar-refractivity contribution in [3.05, 3.63) is 23.8 Å². The molecule has 92 valence electrons. The standard InChI is InChI=1S/C13H13N3O2/c1-9(17)4-5-16-8-13(18)15-11-6-10(7-14)2-3-12(11)16/h2-3,6H,4-5,8H2,1H3,(H,15,18). The predicted molar refractivity (Wildman–Crippen MR) is 67.3 cm³/mol. The number of carbonyl (C=O) groups excluding carboxylic acids is 2. The van der Waals surface area contributed by atoms with Crippen molar-refractivity contribution in [2.45, 2.75) is 13.3 Å². The first-order valence-electron chi connectivity index (χ1n) is 5.68. The van der Waals surface area contributed by atoms with Crippen molar-refractivity contribution in [1.82, 2.24) is 0 Å². The third-order valence-corrected chi connectivity index (χ3v) is 2.81. The summed E-state index contributed by atoms with van der Waals surface area (Å²) in [5.74, 6) is -0.0303. The molecule has 0 bridgehead atoms. The highest BCUT2D eigenvalue weighted by Crippen LogP contribution is 2.30. The normalized spacial score (nSPS) is 13.6. The van der Waals surface area contributed by atoms with Crippen LogP contribution in [0, 0.1) is 11.3 Å². The number of nitrogens with zero attached hydrogens (tertiary/aromatic N) is 2. The summed E-state index contributed by atoms with van der Waals surface area (Å²) in [7, 11) is 0. The number of ketones is 1. The topological polar surface area (TPSA) is 73.2 Å². The van der Waals surface area contributed by atoms with Crippen LogP contribution in [0.1, 0.15) is 18.9 Å². The zero-order valence-electron chi connectivity index (χ0n) is 10.1. The number of hydrogen-bond donors (Lipinski definition) is 1. The van der Waals surface area contributed by atoms with Crippen molar-refractivity contribution in [1.29, 1.82) is 5.26 Å². The monoisotopic (exact) mass is 243 g/mol. The van der Waals surface area contributed by atoms with Gasteiger partial charge in [-0.3, -0.25) is 9.59 Å². The number of nitriles is 1. The van der Waals surface area contributed by atoms with Gasteiger partial charge in [0, 0.05) is 13.0 Å². The van der Waals surface area contributed by atoms with E-state index in [0.29, 0.717) is 24.2 Å². The fourth-order valence-corrected chi connectivity index (χ4v) is 1.92. The van der Waals surface area contributed by atoms with Gasteiger partial charge in [-0.25, -0.2) is 0 Å². The second-order valence-corrected chi connectivity index (χ2v) is 4.27. The van der Waals surface area contributed by atoms with E-state index in [1.807, 2.05) is 11.0 Å². The van der Waals surface area contributed by atoms with Gasteiger partial charge >= 0.3 is 0 Å². The van der Waals surface area contributed by atoms with E-state index < -0.39 is 0 Å². The zero-order valence-corrected chi connectivity index (χ0v) is 10.1. The fraction of sp³-hybridized carbons (Fsp3) is 0.308. The van der Waals surface area contributed by atoms with Gasteiger partial charge in [0.1, 0.15) is 5.78 Å². The van der Waals surface area contributed by atoms with Crippen molar-refractivity contribution in [2.24, 2.45) is 0 Å². The van der Waals surface area contributed by atoms with Crippen molar-refractivity contribution < 1.29 is 9.59 Å². The third-order valence-electron chi connectivity index (χ3n) is 2.81. The molecule has 1 heterocycles. The lowest BCUT2D eigenvalue weighted by Gasteiger charge is -2.30. The van der Waals surface area contributed by atoms with Crippen LogP contribution < -0.4 is 10.2 Å². The summed E-state index contributed by atoms with van der Waals surface area (Å²) in [6.45, 7) is 2.29. The minimum atomic E-state index is -0.124. The van der Waals surface area contributed by atoms with Crippen molar-refractivity contribution >= 4 is 23.1 Å². The first kappa shape index (κ1) is 12.1. The molecular weight excluding hydrogens is 230 g/mol. The van der Waals surface area contributed by atoms with Crippen LogP contribution in [-0.4, -0.2) is 24.8 Å². The molecule has 5 heteroatoms. The molecule has 0 spiro atoms. The van der Waals surface area contributed by atoms with E-state index in [0.717, 1.165) is 5.69 Å². The molecule has 0 unspecified atom stereocenters. The zero-order chi connectivity index (χ0) is 13.1. The van der Waals surface area contributed by atoms with E-state index in [1.54, 1.807) is 18.2 Å². The number of Topliss-reactive ketones (excluding diaryl/α,β-unsaturated/α-hetero) is 1. The molecule has 18 heavy (non-hydrogen) atoms. The van der Waals surface area contributed by atoms with Gasteiger partial charge in [-0.15, -0.1) is 0 Å². The maximum Gasteiger partial charge on any atom is 0.243 e. The van der Waals surface area contributed by atoms with Gasteiger partial charge in [0.05, 0.1) is 29.6 Å². The Bertz CT molecular complexity index is 546. The molecule has 0 aliphatic carbocycles. The van der Waals surface area contributed by atoms with E-state index in [-0.39, 0.29) is 18.2 Å². The van der Waals surface area contributed by atoms with Crippen LogP contribution in [0.5, 0.6) is 0 Å². The Balaban J connectivity index is 2.28. The molecule has 0 fully saturated rings. The molecule has 1 aromatic rings. The predicted octanol–water partition coefficient (Wildman–Crippen LogP) is 1.30. The number of rotatable bonds is 3. The van der Waals surface area contributed by atoms with Crippen LogP contribution in [0.2, 0.25) is 0 Å². The Morgan fingerprint density at radius 3 is 3.00 bits per heavy atom. The number of anilines is 2. The third kappa shape index (κ3) is 2.48.